The first-order valence-electron chi connectivity index (χ1n) is 10.1. The SMILES string of the molecule is C[C@H](NC(=O)c1ccon1)c1ccc(OC2CCN(c3cccc(C(F)(F)F)n3)C2)cc1. The van der Waals surface area contributed by atoms with Gasteiger partial charge in [-0.05, 0) is 36.8 Å². The number of anilines is 1. The molecule has 168 valence electrons. The molecule has 10 heteroatoms. The van der Waals surface area contributed by atoms with Crippen LogP contribution in [0.1, 0.15) is 41.1 Å². The molecule has 2 atom stereocenters. The van der Waals surface area contributed by atoms with E-state index in [0.717, 1.165) is 11.6 Å². The second-order valence-corrected chi connectivity index (χ2v) is 7.50. The molecule has 0 bridgehead atoms. The lowest BCUT2D eigenvalue weighted by atomic mass is 10.1. The van der Waals surface area contributed by atoms with Crippen LogP contribution in [0.4, 0.5) is 19.0 Å². The van der Waals surface area contributed by atoms with Crippen molar-refractivity contribution in [2.75, 3.05) is 18.0 Å². The quantitative estimate of drug-likeness (QED) is 0.610. The molecule has 0 aliphatic carbocycles. The van der Waals surface area contributed by atoms with Gasteiger partial charge in [0.15, 0.2) is 5.69 Å². The number of halogens is 3. The van der Waals surface area contributed by atoms with Crippen molar-refractivity contribution in [2.45, 2.75) is 31.7 Å². The minimum atomic E-state index is -4.47. The maximum atomic E-state index is 12.9. The lowest BCUT2D eigenvalue weighted by Crippen LogP contribution is -2.27. The van der Waals surface area contributed by atoms with Gasteiger partial charge < -0.3 is 19.5 Å². The molecule has 7 nitrogen and oxygen atoms in total. The first-order chi connectivity index (χ1) is 15.3. The van der Waals surface area contributed by atoms with Gasteiger partial charge in [-0.1, -0.05) is 23.4 Å². The fraction of sp³-hybridized carbons (Fsp3) is 0.318. The smallest absolute Gasteiger partial charge is 0.433 e. The third-order valence-electron chi connectivity index (χ3n) is 5.19. The van der Waals surface area contributed by atoms with Gasteiger partial charge in [0.25, 0.3) is 5.91 Å². The largest absolute Gasteiger partial charge is 0.489 e. The van der Waals surface area contributed by atoms with Crippen molar-refractivity contribution in [1.82, 2.24) is 15.5 Å². The van der Waals surface area contributed by atoms with E-state index in [4.69, 9.17) is 4.74 Å². The highest BCUT2D eigenvalue weighted by Gasteiger charge is 2.33. The molecular weight excluding hydrogens is 425 g/mol. The van der Waals surface area contributed by atoms with Crippen LogP contribution in [0.3, 0.4) is 0 Å². The number of aromatic nitrogens is 2. The lowest BCUT2D eigenvalue weighted by Gasteiger charge is -2.19. The molecule has 4 rings (SSSR count). The van der Waals surface area contributed by atoms with Gasteiger partial charge in [-0.15, -0.1) is 0 Å². The zero-order valence-corrected chi connectivity index (χ0v) is 17.2. The number of amides is 1. The van der Waals surface area contributed by atoms with E-state index in [9.17, 15) is 18.0 Å². The molecule has 0 radical (unpaired) electrons. The van der Waals surface area contributed by atoms with Crippen molar-refractivity contribution in [1.29, 1.82) is 0 Å². The fourth-order valence-corrected chi connectivity index (χ4v) is 3.50. The van der Waals surface area contributed by atoms with Gasteiger partial charge >= 0.3 is 6.18 Å². The van der Waals surface area contributed by atoms with Crippen molar-refractivity contribution < 1.29 is 27.2 Å². The maximum Gasteiger partial charge on any atom is 0.433 e. The number of carbonyl (C=O) groups is 1. The third-order valence-corrected chi connectivity index (χ3v) is 5.19. The summed E-state index contributed by atoms with van der Waals surface area (Å²) in [4.78, 5) is 17.6. The molecule has 1 amide bonds. The predicted molar refractivity (Wildman–Crippen MR) is 109 cm³/mol. The molecule has 0 spiro atoms. The van der Waals surface area contributed by atoms with E-state index in [2.05, 4.69) is 20.0 Å². The van der Waals surface area contributed by atoms with Gasteiger partial charge in [0.05, 0.1) is 12.6 Å². The minimum Gasteiger partial charge on any atom is -0.489 e. The van der Waals surface area contributed by atoms with Gasteiger partial charge in [-0.25, -0.2) is 4.98 Å². The summed E-state index contributed by atoms with van der Waals surface area (Å²) in [6.07, 6.45) is -2.64. The number of alkyl halides is 3. The normalized spacial score (nSPS) is 17.2. The first kappa shape index (κ1) is 21.7. The summed E-state index contributed by atoms with van der Waals surface area (Å²) in [5.74, 6) is 0.603. The molecule has 1 aliphatic rings. The summed E-state index contributed by atoms with van der Waals surface area (Å²) < 4.78 is 49.4. The van der Waals surface area contributed by atoms with Crippen molar-refractivity contribution in [2.24, 2.45) is 0 Å². The van der Waals surface area contributed by atoms with Crippen LogP contribution in [0.25, 0.3) is 0 Å². The fourth-order valence-electron chi connectivity index (χ4n) is 3.50. The molecule has 0 saturated carbocycles. The Morgan fingerprint density at radius 1 is 1.22 bits per heavy atom. The molecule has 32 heavy (non-hydrogen) atoms. The number of rotatable bonds is 6. The van der Waals surface area contributed by atoms with Crippen LogP contribution >= 0.6 is 0 Å². The van der Waals surface area contributed by atoms with Crippen LogP contribution in [0.5, 0.6) is 5.75 Å². The number of nitrogens with zero attached hydrogens (tertiary/aromatic N) is 3. The third kappa shape index (κ3) is 5.01. The summed E-state index contributed by atoms with van der Waals surface area (Å²) in [5.41, 5.74) is 0.188. The number of benzene rings is 1. The number of ether oxygens (including phenoxy) is 1. The van der Waals surface area contributed by atoms with Gasteiger partial charge in [0.1, 0.15) is 29.6 Å². The van der Waals surface area contributed by atoms with Crippen LogP contribution in [0, 0.1) is 0 Å². The number of nitrogens with one attached hydrogen (secondary N) is 1. The van der Waals surface area contributed by atoms with E-state index in [1.54, 1.807) is 23.1 Å². The first-order valence-corrected chi connectivity index (χ1v) is 10.1. The maximum absolute atomic E-state index is 12.9. The van der Waals surface area contributed by atoms with Gasteiger partial charge in [0, 0.05) is 19.0 Å². The lowest BCUT2D eigenvalue weighted by molar-refractivity contribution is -0.141. The van der Waals surface area contributed by atoms with E-state index in [-0.39, 0.29) is 29.6 Å². The molecule has 1 saturated heterocycles. The monoisotopic (exact) mass is 446 g/mol. The molecule has 1 aromatic carbocycles. The summed E-state index contributed by atoms with van der Waals surface area (Å²) in [6.45, 7) is 2.85. The molecule has 1 fully saturated rings. The van der Waals surface area contributed by atoms with Crippen LogP contribution < -0.4 is 15.0 Å². The van der Waals surface area contributed by atoms with E-state index in [1.165, 1.54) is 18.4 Å². The van der Waals surface area contributed by atoms with Crippen LogP contribution in [-0.4, -0.2) is 35.2 Å². The second-order valence-electron chi connectivity index (χ2n) is 7.50. The predicted octanol–water partition coefficient (Wildman–Crippen LogP) is 4.24. The van der Waals surface area contributed by atoms with Crippen molar-refractivity contribution in [3.63, 3.8) is 0 Å². The Labute approximate surface area is 182 Å². The van der Waals surface area contributed by atoms with Gasteiger partial charge in [0.2, 0.25) is 0 Å². The average molecular weight is 446 g/mol. The molecule has 1 aliphatic heterocycles. The molecule has 3 heterocycles. The van der Waals surface area contributed by atoms with E-state index in [1.807, 2.05) is 19.1 Å². The van der Waals surface area contributed by atoms with Crippen molar-refractivity contribution in [3.8, 4) is 5.75 Å². The highest BCUT2D eigenvalue weighted by atomic mass is 19.4. The average Bonchev–Trinajstić information content (AvgIpc) is 3.46. The number of carbonyl (C=O) groups excluding carboxylic acids is 1. The molecule has 1 unspecified atom stereocenters. The Morgan fingerprint density at radius 2 is 2.00 bits per heavy atom. The van der Waals surface area contributed by atoms with E-state index in [0.29, 0.717) is 25.3 Å². The second kappa shape index (κ2) is 8.89. The Kier molecular flexibility index (Phi) is 6.02. The molecule has 2 aromatic heterocycles. The van der Waals surface area contributed by atoms with Crippen molar-refractivity contribution >= 4 is 11.7 Å². The Hall–Kier alpha value is -3.56. The Bertz CT molecular complexity index is 1060. The summed E-state index contributed by atoms with van der Waals surface area (Å²) in [7, 11) is 0. The highest BCUT2D eigenvalue weighted by Crippen LogP contribution is 2.30. The zero-order chi connectivity index (χ0) is 22.7. The molecular formula is C22H21F3N4O3. The zero-order valence-electron chi connectivity index (χ0n) is 17.2. The highest BCUT2D eigenvalue weighted by molar-refractivity contribution is 5.92. The molecule has 3 aromatic rings. The van der Waals surface area contributed by atoms with Crippen LogP contribution in [0.15, 0.2) is 59.3 Å². The Balaban J connectivity index is 1.33. The van der Waals surface area contributed by atoms with Crippen molar-refractivity contribution in [3.05, 3.63) is 71.7 Å². The summed E-state index contributed by atoms with van der Waals surface area (Å²) in [6, 6.07) is 12.4. The van der Waals surface area contributed by atoms with E-state index < -0.39 is 11.9 Å². The Morgan fingerprint density at radius 3 is 2.69 bits per heavy atom. The summed E-state index contributed by atoms with van der Waals surface area (Å²) in [5, 5.41) is 6.44. The minimum absolute atomic E-state index is 0.165. The molecule has 1 N–H and O–H groups in total. The number of pyridine rings is 1. The number of hydrogen-bond acceptors (Lipinski definition) is 6. The standard InChI is InChI=1S/C22H21F3N4O3/c1-14(26-21(30)18-10-12-31-28-18)15-5-7-16(8-6-15)32-17-9-11-29(13-17)20-4-2-3-19(27-20)22(23,24)25/h2-8,10,12,14,17H,9,11,13H2,1H3,(H,26,30)/t14-,17?/m0/s1. The topological polar surface area (TPSA) is 80.5 Å². The van der Waals surface area contributed by atoms with E-state index >= 15 is 0 Å². The summed E-state index contributed by atoms with van der Waals surface area (Å²) >= 11 is 0. The van der Waals surface area contributed by atoms with Crippen LogP contribution in [0.2, 0.25) is 0 Å². The van der Waals surface area contributed by atoms with Crippen LogP contribution in [-0.2, 0) is 6.18 Å². The number of hydrogen-bond donors (Lipinski definition) is 1. The van der Waals surface area contributed by atoms with Gasteiger partial charge in [-0.2, -0.15) is 13.2 Å². The van der Waals surface area contributed by atoms with Gasteiger partial charge in [-0.3, -0.25) is 4.79 Å².